The Morgan fingerprint density at radius 2 is 1.79 bits per heavy atom. The lowest BCUT2D eigenvalue weighted by molar-refractivity contribution is 0.0493. The summed E-state index contributed by atoms with van der Waals surface area (Å²) >= 11 is 0. The number of benzene rings is 2. The smallest absolute Gasteiger partial charge is 0.408 e. The minimum atomic E-state index is -0.594. The summed E-state index contributed by atoms with van der Waals surface area (Å²) in [4.78, 5) is 16.8. The summed E-state index contributed by atoms with van der Waals surface area (Å²) < 4.78 is 10.9. The van der Waals surface area contributed by atoms with E-state index in [-0.39, 0.29) is 0 Å². The third kappa shape index (κ3) is 5.42. The number of ether oxygens (including phenoxy) is 1. The highest BCUT2D eigenvalue weighted by atomic mass is 16.6. The molecule has 0 bridgehead atoms. The average molecular weight is 379 g/mol. The van der Waals surface area contributed by atoms with E-state index in [1.165, 1.54) is 0 Å². The topological polar surface area (TPSA) is 77.2 Å². The molecule has 2 aromatic carbocycles. The molecule has 0 radical (unpaired) electrons. The van der Waals surface area contributed by atoms with Crippen LogP contribution in [0, 0.1) is 6.92 Å². The number of alkyl carbamates (subject to hydrolysis) is 1. The van der Waals surface area contributed by atoms with E-state index in [0.29, 0.717) is 18.1 Å². The van der Waals surface area contributed by atoms with Gasteiger partial charge in [-0.25, -0.2) is 4.79 Å². The van der Waals surface area contributed by atoms with Gasteiger partial charge in [-0.3, -0.25) is 0 Å². The van der Waals surface area contributed by atoms with Crippen LogP contribution in [0.5, 0.6) is 0 Å². The molecule has 1 N–H and O–H groups in total. The number of aromatic nitrogens is 2. The molecule has 1 amide bonds. The molecule has 6 nitrogen and oxygen atoms in total. The maximum Gasteiger partial charge on any atom is 0.408 e. The fourth-order valence-electron chi connectivity index (χ4n) is 2.70. The second kappa shape index (κ2) is 8.25. The molecule has 1 heterocycles. The number of amides is 1. The van der Waals surface area contributed by atoms with Crippen molar-refractivity contribution in [2.24, 2.45) is 0 Å². The first-order chi connectivity index (χ1) is 13.3. The van der Waals surface area contributed by atoms with Gasteiger partial charge in [0.15, 0.2) is 0 Å². The number of carbonyl (C=O) groups excluding carboxylic acids is 1. The van der Waals surface area contributed by atoms with Crippen molar-refractivity contribution in [1.29, 1.82) is 0 Å². The van der Waals surface area contributed by atoms with Gasteiger partial charge in [-0.1, -0.05) is 65.3 Å². The maximum atomic E-state index is 12.3. The average Bonchev–Trinajstić information content (AvgIpc) is 3.11. The van der Waals surface area contributed by atoms with Gasteiger partial charge in [-0.15, -0.1) is 0 Å². The fourth-order valence-corrected chi connectivity index (χ4v) is 2.70. The van der Waals surface area contributed by atoms with Gasteiger partial charge in [0.25, 0.3) is 0 Å². The highest BCUT2D eigenvalue weighted by molar-refractivity contribution is 5.68. The molecule has 0 aliphatic rings. The molecular weight excluding hydrogens is 354 g/mol. The van der Waals surface area contributed by atoms with E-state index in [9.17, 15) is 4.79 Å². The van der Waals surface area contributed by atoms with E-state index in [2.05, 4.69) is 15.5 Å². The summed E-state index contributed by atoms with van der Waals surface area (Å²) in [7, 11) is 0. The summed E-state index contributed by atoms with van der Waals surface area (Å²) in [5.41, 5.74) is 2.46. The number of aryl methyl sites for hydroxylation is 1. The van der Waals surface area contributed by atoms with Crippen LogP contribution in [0.2, 0.25) is 0 Å². The maximum absolute atomic E-state index is 12.3. The Morgan fingerprint density at radius 3 is 2.43 bits per heavy atom. The van der Waals surface area contributed by atoms with Crippen LogP contribution in [0.15, 0.2) is 59.1 Å². The van der Waals surface area contributed by atoms with Gasteiger partial charge in [-0.2, -0.15) is 4.98 Å². The Hall–Kier alpha value is -3.15. The van der Waals surface area contributed by atoms with Gasteiger partial charge in [-0.05, 0) is 33.3 Å². The van der Waals surface area contributed by atoms with Crippen molar-refractivity contribution in [3.8, 4) is 11.4 Å². The second-order valence-electron chi connectivity index (χ2n) is 7.71. The molecular formula is C22H25N3O3. The second-order valence-corrected chi connectivity index (χ2v) is 7.71. The minimum Gasteiger partial charge on any atom is -0.444 e. The molecule has 0 aliphatic carbocycles. The standard InChI is InChI=1S/C22H25N3O3/c1-15-10-12-17(13-11-15)19-24-20(28-25-19)18(14-16-8-6-5-7-9-16)23-21(26)27-22(2,3)4/h5-13,18H,14H2,1-4H3,(H,23,26). The number of hydrogen-bond donors (Lipinski definition) is 1. The van der Waals surface area contributed by atoms with Crippen molar-refractivity contribution in [3.05, 3.63) is 71.6 Å². The third-order valence-electron chi connectivity index (χ3n) is 4.02. The molecule has 0 saturated heterocycles. The number of nitrogens with zero attached hydrogens (tertiary/aromatic N) is 2. The van der Waals surface area contributed by atoms with Gasteiger partial charge in [0.05, 0.1) is 0 Å². The Balaban J connectivity index is 1.83. The molecule has 146 valence electrons. The Kier molecular flexibility index (Phi) is 5.78. The quantitative estimate of drug-likeness (QED) is 0.685. The largest absolute Gasteiger partial charge is 0.444 e. The van der Waals surface area contributed by atoms with Gasteiger partial charge in [0.1, 0.15) is 11.6 Å². The van der Waals surface area contributed by atoms with E-state index in [1.807, 2.05) is 82.3 Å². The van der Waals surface area contributed by atoms with Crippen LogP contribution >= 0.6 is 0 Å². The van der Waals surface area contributed by atoms with E-state index in [1.54, 1.807) is 0 Å². The summed E-state index contributed by atoms with van der Waals surface area (Å²) in [5.74, 6) is 0.823. The van der Waals surface area contributed by atoms with E-state index in [0.717, 1.165) is 16.7 Å². The van der Waals surface area contributed by atoms with Crippen LogP contribution in [0.25, 0.3) is 11.4 Å². The highest BCUT2D eigenvalue weighted by Gasteiger charge is 2.25. The lowest BCUT2D eigenvalue weighted by Gasteiger charge is -2.22. The Labute approximate surface area is 164 Å². The van der Waals surface area contributed by atoms with Crippen LogP contribution in [0.3, 0.4) is 0 Å². The molecule has 0 fully saturated rings. The molecule has 6 heteroatoms. The lowest BCUT2D eigenvalue weighted by atomic mass is 10.1. The molecule has 0 spiro atoms. The molecule has 1 unspecified atom stereocenters. The van der Waals surface area contributed by atoms with Gasteiger partial charge < -0.3 is 14.6 Å². The number of carbonyl (C=O) groups is 1. The number of nitrogens with one attached hydrogen (secondary N) is 1. The van der Waals surface area contributed by atoms with Crippen LogP contribution < -0.4 is 5.32 Å². The van der Waals surface area contributed by atoms with E-state index in [4.69, 9.17) is 9.26 Å². The van der Waals surface area contributed by atoms with Crippen LogP contribution in [-0.2, 0) is 11.2 Å². The summed E-state index contributed by atoms with van der Waals surface area (Å²) in [6, 6.07) is 17.2. The van der Waals surface area contributed by atoms with Crippen molar-refractivity contribution in [3.63, 3.8) is 0 Å². The molecule has 0 aliphatic heterocycles. The third-order valence-corrected chi connectivity index (χ3v) is 4.02. The minimum absolute atomic E-state index is 0.338. The summed E-state index contributed by atoms with van der Waals surface area (Å²) in [6.45, 7) is 7.48. The van der Waals surface area contributed by atoms with E-state index >= 15 is 0 Å². The predicted molar refractivity (Wildman–Crippen MR) is 107 cm³/mol. The number of rotatable bonds is 5. The monoisotopic (exact) mass is 379 g/mol. The van der Waals surface area contributed by atoms with Crippen LogP contribution in [0.4, 0.5) is 4.79 Å². The normalized spacial score (nSPS) is 12.4. The molecule has 3 rings (SSSR count). The molecule has 28 heavy (non-hydrogen) atoms. The van der Waals surface area contributed by atoms with Crippen LogP contribution in [-0.4, -0.2) is 21.8 Å². The molecule has 1 atom stereocenters. The fraction of sp³-hybridized carbons (Fsp3) is 0.318. The summed E-state index contributed by atoms with van der Waals surface area (Å²) in [5, 5.41) is 6.94. The summed E-state index contributed by atoms with van der Waals surface area (Å²) in [6.07, 6.45) is -0.0150. The van der Waals surface area contributed by atoms with Crippen molar-refractivity contribution >= 4 is 6.09 Å². The van der Waals surface area contributed by atoms with E-state index < -0.39 is 17.7 Å². The molecule has 1 aromatic heterocycles. The van der Waals surface area contributed by atoms with Gasteiger partial charge in [0.2, 0.25) is 11.7 Å². The first-order valence-corrected chi connectivity index (χ1v) is 9.24. The number of hydrogen-bond acceptors (Lipinski definition) is 5. The Bertz CT molecular complexity index is 912. The van der Waals surface area contributed by atoms with Gasteiger partial charge >= 0.3 is 6.09 Å². The molecule has 3 aromatic rings. The van der Waals surface area contributed by atoms with Crippen molar-refractivity contribution < 1.29 is 14.1 Å². The first kappa shape index (κ1) is 19.6. The SMILES string of the molecule is Cc1ccc(-c2noc(C(Cc3ccccc3)NC(=O)OC(C)(C)C)n2)cc1. The molecule has 0 saturated carbocycles. The van der Waals surface area contributed by atoms with Crippen molar-refractivity contribution in [2.75, 3.05) is 0 Å². The van der Waals surface area contributed by atoms with Crippen molar-refractivity contribution in [1.82, 2.24) is 15.5 Å². The first-order valence-electron chi connectivity index (χ1n) is 9.24. The Morgan fingerprint density at radius 1 is 1.11 bits per heavy atom. The highest BCUT2D eigenvalue weighted by Crippen LogP contribution is 2.22. The zero-order valence-electron chi connectivity index (χ0n) is 16.6. The van der Waals surface area contributed by atoms with Crippen molar-refractivity contribution in [2.45, 2.75) is 45.8 Å². The predicted octanol–water partition coefficient (Wildman–Crippen LogP) is 4.85. The van der Waals surface area contributed by atoms with Crippen LogP contribution in [0.1, 0.15) is 43.8 Å². The lowest BCUT2D eigenvalue weighted by Crippen LogP contribution is -2.36. The van der Waals surface area contributed by atoms with Gasteiger partial charge in [0, 0.05) is 12.0 Å². The zero-order valence-corrected chi connectivity index (χ0v) is 16.6. The zero-order chi connectivity index (χ0) is 20.1.